The number of rotatable bonds is 13. The molecule has 6 nitrogen and oxygen atoms in total. The summed E-state index contributed by atoms with van der Waals surface area (Å²) in [6.07, 6.45) is 9.52. The molecule has 2 aromatic rings. The van der Waals surface area contributed by atoms with Gasteiger partial charge in [-0.3, -0.25) is 9.59 Å². The largest absolute Gasteiger partial charge is 0.273 e. The maximum absolute atomic E-state index is 11.8. The third-order valence-electron chi connectivity index (χ3n) is 5.14. The number of carbonyl (C=O) groups excluding carboxylic acids is 2. The summed E-state index contributed by atoms with van der Waals surface area (Å²) < 4.78 is 0. The molecule has 0 bridgehead atoms. The molecular formula is C26H34N4O2. The third kappa shape index (κ3) is 10.2. The quantitative estimate of drug-likeness (QED) is 0.271. The Morgan fingerprint density at radius 2 is 1.03 bits per heavy atom. The first-order valence-corrected chi connectivity index (χ1v) is 11.4. The Balaban J connectivity index is 1.50. The molecule has 0 atom stereocenters. The molecule has 0 heterocycles. The number of nitrogens with one attached hydrogen (secondary N) is 2. The molecule has 0 saturated carbocycles. The maximum atomic E-state index is 11.8. The summed E-state index contributed by atoms with van der Waals surface area (Å²) in [6, 6.07) is 16.2. The summed E-state index contributed by atoms with van der Waals surface area (Å²) in [5.41, 5.74) is 9.58. The summed E-state index contributed by atoms with van der Waals surface area (Å²) in [4.78, 5) is 23.7. The second-order valence-electron chi connectivity index (χ2n) is 7.69. The standard InChI is InChI=1S/C26H34N4O2/c1-3-21-11-15-23(16-12-21)19-27-29-25(31)9-7-5-6-8-10-26(32)30-28-20-24-17-13-22(4-2)14-18-24/h11-20H,3-10H2,1-2H3,(H,29,31)(H,30,32)/b27-19+,28-20+. The van der Waals surface area contributed by atoms with Crippen LogP contribution in [0.25, 0.3) is 0 Å². The van der Waals surface area contributed by atoms with Gasteiger partial charge in [0.25, 0.3) is 0 Å². The van der Waals surface area contributed by atoms with E-state index in [2.05, 4.69) is 59.2 Å². The van der Waals surface area contributed by atoms with Gasteiger partial charge in [0.1, 0.15) is 0 Å². The van der Waals surface area contributed by atoms with Crippen molar-refractivity contribution in [1.82, 2.24) is 10.9 Å². The average molecular weight is 435 g/mol. The molecule has 0 aromatic heterocycles. The summed E-state index contributed by atoms with van der Waals surface area (Å²) in [5, 5.41) is 8.01. The topological polar surface area (TPSA) is 82.9 Å². The van der Waals surface area contributed by atoms with Crippen LogP contribution in [0.1, 0.15) is 74.6 Å². The molecule has 2 amide bonds. The molecule has 0 aliphatic heterocycles. The lowest BCUT2D eigenvalue weighted by Gasteiger charge is -2.02. The molecule has 6 heteroatoms. The highest BCUT2D eigenvalue weighted by Gasteiger charge is 2.02. The first-order chi connectivity index (χ1) is 15.6. The molecule has 0 aliphatic carbocycles. The number of benzene rings is 2. The molecule has 32 heavy (non-hydrogen) atoms. The van der Waals surface area contributed by atoms with E-state index in [0.717, 1.165) is 49.7 Å². The third-order valence-corrected chi connectivity index (χ3v) is 5.14. The molecule has 0 unspecified atom stereocenters. The number of nitrogens with zero attached hydrogens (tertiary/aromatic N) is 2. The lowest BCUT2D eigenvalue weighted by molar-refractivity contribution is -0.122. The minimum absolute atomic E-state index is 0.0921. The number of hydrogen-bond acceptors (Lipinski definition) is 4. The first kappa shape index (κ1) is 25.0. The molecule has 0 saturated heterocycles. The second kappa shape index (κ2) is 14.7. The monoisotopic (exact) mass is 434 g/mol. The van der Waals surface area contributed by atoms with Gasteiger partial charge in [0.2, 0.25) is 11.8 Å². The van der Waals surface area contributed by atoms with Gasteiger partial charge >= 0.3 is 0 Å². The normalized spacial score (nSPS) is 11.2. The van der Waals surface area contributed by atoms with Gasteiger partial charge in [0.05, 0.1) is 12.4 Å². The van der Waals surface area contributed by atoms with Crippen LogP contribution in [0.3, 0.4) is 0 Å². The molecule has 2 rings (SSSR count). The minimum atomic E-state index is -0.0921. The van der Waals surface area contributed by atoms with Crippen molar-refractivity contribution >= 4 is 24.2 Å². The zero-order valence-corrected chi connectivity index (χ0v) is 19.1. The van der Waals surface area contributed by atoms with Crippen molar-refractivity contribution in [2.45, 2.75) is 65.2 Å². The van der Waals surface area contributed by atoms with E-state index in [-0.39, 0.29) is 11.8 Å². The highest BCUT2D eigenvalue weighted by atomic mass is 16.2. The van der Waals surface area contributed by atoms with Gasteiger partial charge in [-0.1, -0.05) is 75.2 Å². The second-order valence-corrected chi connectivity index (χ2v) is 7.69. The van der Waals surface area contributed by atoms with Crippen LogP contribution in [0.5, 0.6) is 0 Å². The van der Waals surface area contributed by atoms with E-state index in [0.29, 0.717) is 12.8 Å². The Labute approximate surface area is 191 Å². The Morgan fingerprint density at radius 3 is 1.38 bits per heavy atom. The predicted molar refractivity (Wildman–Crippen MR) is 131 cm³/mol. The number of carbonyl (C=O) groups is 2. The van der Waals surface area contributed by atoms with E-state index in [4.69, 9.17) is 0 Å². The van der Waals surface area contributed by atoms with E-state index in [1.54, 1.807) is 12.4 Å². The Morgan fingerprint density at radius 1 is 0.656 bits per heavy atom. The van der Waals surface area contributed by atoms with Crippen LogP contribution in [0, 0.1) is 0 Å². The zero-order chi connectivity index (χ0) is 23.0. The van der Waals surface area contributed by atoms with Crippen LogP contribution < -0.4 is 10.9 Å². The average Bonchev–Trinajstić information content (AvgIpc) is 2.82. The van der Waals surface area contributed by atoms with E-state index in [1.807, 2.05) is 24.3 Å². The Kier molecular flexibility index (Phi) is 11.5. The SMILES string of the molecule is CCc1ccc(/C=N/NC(=O)CCCCCCC(=O)N/N=C/c2ccc(CC)cc2)cc1. The zero-order valence-electron chi connectivity index (χ0n) is 19.1. The van der Waals surface area contributed by atoms with Gasteiger partial charge < -0.3 is 0 Å². The van der Waals surface area contributed by atoms with Crippen molar-refractivity contribution in [1.29, 1.82) is 0 Å². The van der Waals surface area contributed by atoms with Gasteiger partial charge in [-0.15, -0.1) is 0 Å². The first-order valence-electron chi connectivity index (χ1n) is 11.4. The van der Waals surface area contributed by atoms with Crippen molar-refractivity contribution < 1.29 is 9.59 Å². The molecular weight excluding hydrogens is 400 g/mol. The van der Waals surface area contributed by atoms with Crippen LogP contribution in [-0.2, 0) is 22.4 Å². The highest BCUT2D eigenvalue weighted by Crippen LogP contribution is 2.06. The van der Waals surface area contributed by atoms with Gasteiger partial charge in [-0.2, -0.15) is 10.2 Å². The maximum Gasteiger partial charge on any atom is 0.240 e. The van der Waals surface area contributed by atoms with Crippen molar-refractivity contribution in [3.63, 3.8) is 0 Å². The van der Waals surface area contributed by atoms with Crippen molar-refractivity contribution in [3.8, 4) is 0 Å². The van der Waals surface area contributed by atoms with Crippen molar-refractivity contribution in [2.75, 3.05) is 0 Å². The molecule has 0 aliphatic rings. The van der Waals surface area contributed by atoms with Gasteiger partial charge in [0.15, 0.2) is 0 Å². The van der Waals surface area contributed by atoms with Gasteiger partial charge in [-0.25, -0.2) is 10.9 Å². The molecule has 2 aromatic carbocycles. The summed E-state index contributed by atoms with van der Waals surface area (Å²) in [5.74, 6) is -0.184. The lowest BCUT2D eigenvalue weighted by Crippen LogP contribution is -2.17. The minimum Gasteiger partial charge on any atom is -0.273 e. The number of hydrazone groups is 2. The van der Waals surface area contributed by atoms with Crippen molar-refractivity contribution in [2.24, 2.45) is 10.2 Å². The van der Waals surface area contributed by atoms with E-state index in [9.17, 15) is 9.59 Å². The van der Waals surface area contributed by atoms with Crippen LogP contribution in [-0.4, -0.2) is 24.2 Å². The summed E-state index contributed by atoms with van der Waals surface area (Å²) in [6.45, 7) is 4.22. The smallest absolute Gasteiger partial charge is 0.240 e. The van der Waals surface area contributed by atoms with Crippen molar-refractivity contribution in [3.05, 3.63) is 70.8 Å². The molecule has 2 N–H and O–H groups in total. The van der Waals surface area contributed by atoms with Crippen LogP contribution in [0.2, 0.25) is 0 Å². The molecule has 0 spiro atoms. The number of unbranched alkanes of at least 4 members (excludes halogenated alkanes) is 3. The van der Waals surface area contributed by atoms with E-state index < -0.39 is 0 Å². The number of aryl methyl sites for hydroxylation is 2. The van der Waals surface area contributed by atoms with Gasteiger partial charge in [-0.05, 0) is 47.9 Å². The van der Waals surface area contributed by atoms with Crippen LogP contribution >= 0.6 is 0 Å². The van der Waals surface area contributed by atoms with Gasteiger partial charge in [0, 0.05) is 12.8 Å². The Hall–Kier alpha value is -3.28. The fourth-order valence-electron chi connectivity index (χ4n) is 3.07. The molecule has 0 radical (unpaired) electrons. The van der Waals surface area contributed by atoms with E-state index in [1.165, 1.54) is 11.1 Å². The summed E-state index contributed by atoms with van der Waals surface area (Å²) in [7, 11) is 0. The predicted octanol–water partition coefficient (Wildman–Crippen LogP) is 4.75. The summed E-state index contributed by atoms with van der Waals surface area (Å²) >= 11 is 0. The Bertz CT molecular complexity index is 812. The number of amides is 2. The fraction of sp³-hybridized carbons (Fsp3) is 0.385. The highest BCUT2D eigenvalue weighted by molar-refractivity contribution is 5.83. The fourth-order valence-corrected chi connectivity index (χ4v) is 3.07. The lowest BCUT2D eigenvalue weighted by atomic mass is 10.1. The molecule has 170 valence electrons. The number of hydrogen-bond donors (Lipinski definition) is 2. The van der Waals surface area contributed by atoms with Crippen LogP contribution in [0.15, 0.2) is 58.7 Å². The van der Waals surface area contributed by atoms with E-state index >= 15 is 0 Å². The molecule has 0 fully saturated rings. The van der Waals surface area contributed by atoms with Crippen LogP contribution in [0.4, 0.5) is 0 Å².